The van der Waals surface area contributed by atoms with Gasteiger partial charge >= 0.3 is 0 Å². The van der Waals surface area contributed by atoms with Crippen LogP contribution in [0.15, 0.2) is 36.4 Å². The number of ether oxygens (including phenoxy) is 1. The number of rotatable bonds is 9. The van der Waals surface area contributed by atoms with Crippen LogP contribution in [0.3, 0.4) is 0 Å². The van der Waals surface area contributed by atoms with Crippen LogP contribution >= 0.6 is 0 Å². The molecule has 0 spiro atoms. The van der Waals surface area contributed by atoms with E-state index in [1.165, 1.54) is 62.5 Å². The van der Waals surface area contributed by atoms with Gasteiger partial charge in [0, 0.05) is 6.61 Å². The quantitative estimate of drug-likeness (QED) is 0.367. The molecule has 0 unspecified atom stereocenters. The van der Waals surface area contributed by atoms with E-state index in [0.29, 0.717) is 0 Å². The molecule has 128 valence electrons. The van der Waals surface area contributed by atoms with Crippen molar-refractivity contribution in [3.63, 3.8) is 0 Å². The summed E-state index contributed by atoms with van der Waals surface area (Å²) in [5.74, 6) is 1.69. The van der Waals surface area contributed by atoms with Crippen molar-refractivity contribution in [1.82, 2.24) is 0 Å². The van der Waals surface area contributed by atoms with Crippen LogP contribution in [0.1, 0.15) is 82.3 Å². The topological polar surface area (TPSA) is 9.23 Å². The zero-order valence-corrected chi connectivity index (χ0v) is 15.1. The normalized spacial score (nSPS) is 21.8. The molecule has 1 aromatic rings. The Morgan fingerprint density at radius 1 is 1.04 bits per heavy atom. The molecule has 1 heteroatoms. The van der Waals surface area contributed by atoms with E-state index >= 15 is 0 Å². The molecule has 1 aromatic carbocycles. The Kier molecular flexibility index (Phi) is 8.46. The average Bonchev–Trinajstić information content (AvgIpc) is 2.61. The highest BCUT2D eigenvalue weighted by Gasteiger charge is 2.21. The van der Waals surface area contributed by atoms with E-state index in [9.17, 15) is 0 Å². The zero-order valence-electron chi connectivity index (χ0n) is 15.1. The number of allylic oxidation sites excluding steroid dienone is 2. The van der Waals surface area contributed by atoms with Crippen LogP contribution in [0.4, 0.5) is 0 Å². The molecule has 1 aliphatic carbocycles. The maximum absolute atomic E-state index is 5.75. The van der Waals surface area contributed by atoms with Gasteiger partial charge in [0.25, 0.3) is 0 Å². The van der Waals surface area contributed by atoms with Crippen molar-refractivity contribution >= 4 is 0 Å². The van der Waals surface area contributed by atoms with E-state index in [4.69, 9.17) is 4.74 Å². The third-order valence-electron chi connectivity index (χ3n) is 5.16. The number of benzene rings is 1. The molecule has 0 saturated heterocycles. The first-order valence-electron chi connectivity index (χ1n) is 9.61. The SMILES string of the molecule is C/C=C/C[C@H]1CC[C@H](c2ccc(COCCCCC)cc2)CC1. The standard InChI is InChI=1S/C22H34O/c1-3-5-7-17-23-18-20-11-15-22(16-12-20)21-13-9-19(10-14-21)8-6-4-2/h4,6,11-12,15-16,19,21H,3,5,7-10,13-14,17-18H2,1-2H3/b6-4+/t19-,21-. The van der Waals surface area contributed by atoms with E-state index in [1.54, 1.807) is 0 Å². The molecule has 0 aliphatic heterocycles. The summed E-state index contributed by atoms with van der Waals surface area (Å²) in [5.41, 5.74) is 2.84. The van der Waals surface area contributed by atoms with Crippen molar-refractivity contribution in [3.8, 4) is 0 Å². The fraction of sp³-hybridized carbons (Fsp3) is 0.636. The summed E-state index contributed by atoms with van der Waals surface area (Å²) in [7, 11) is 0. The lowest BCUT2D eigenvalue weighted by Crippen LogP contribution is -2.12. The lowest BCUT2D eigenvalue weighted by atomic mass is 9.77. The Labute approximate surface area is 143 Å². The van der Waals surface area contributed by atoms with Gasteiger partial charge in [-0.25, -0.2) is 0 Å². The average molecular weight is 315 g/mol. The maximum atomic E-state index is 5.75. The summed E-state index contributed by atoms with van der Waals surface area (Å²) in [6.07, 6.45) is 15.0. The van der Waals surface area contributed by atoms with Crippen LogP contribution in [-0.4, -0.2) is 6.61 Å². The van der Waals surface area contributed by atoms with Gasteiger partial charge in [0.1, 0.15) is 0 Å². The largest absolute Gasteiger partial charge is 0.377 e. The lowest BCUT2D eigenvalue weighted by molar-refractivity contribution is 0.117. The molecule has 0 bridgehead atoms. The van der Waals surface area contributed by atoms with Crippen LogP contribution < -0.4 is 0 Å². The summed E-state index contributed by atoms with van der Waals surface area (Å²) >= 11 is 0. The van der Waals surface area contributed by atoms with Gasteiger partial charge in [-0.15, -0.1) is 0 Å². The first kappa shape index (κ1) is 18.3. The molecule has 0 aromatic heterocycles. The first-order chi connectivity index (χ1) is 11.3. The third-order valence-corrected chi connectivity index (χ3v) is 5.16. The Morgan fingerprint density at radius 3 is 2.43 bits per heavy atom. The van der Waals surface area contributed by atoms with Crippen LogP contribution in [0.2, 0.25) is 0 Å². The van der Waals surface area contributed by atoms with Crippen molar-refractivity contribution in [2.24, 2.45) is 5.92 Å². The Morgan fingerprint density at radius 2 is 1.78 bits per heavy atom. The van der Waals surface area contributed by atoms with Gasteiger partial charge in [-0.05, 0) is 68.4 Å². The molecule has 1 nitrogen and oxygen atoms in total. The molecular formula is C22H34O. The second-order valence-electron chi connectivity index (χ2n) is 7.02. The zero-order chi connectivity index (χ0) is 16.3. The molecule has 1 saturated carbocycles. The molecule has 1 fully saturated rings. The van der Waals surface area contributed by atoms with E-state index in [0.717, 1.165) is 25.0 Å². The van der Waals surface area contributed by atoms with Gasteiger partial charge in [-0.1, -0.05) is 56.2 Å². The molecule has 2 rings (SSSR count). The molecule has 23 heavy (non-hydrogen) atoms. The van der Waals surface area contributed by atoms with E-state index < -0.39 is 0 Å². The van der Waals surface area contributed by atoms with Crippen molar-refractivity contribution in [2.75, 3.05) is 6.61 Å². The highest BCUT2D eigenvalue weighted by molar-refractivity contribution is 5.25. The smallest absolute Gasteiger partial charge is 0.0716 e. The first-order valence-corrected chi connectivity index (χ1v) is 9.61. The molecular weight excluding hydrogens is 280 g/mol. The predicted molar refractivity (Wildman–Crippen MR) is 99.8 cm³/mol. The van der Waals surface area contributed by atoms with Crippen molar-refractivity contribution in [3.05, 3.63) is 47.5 Å². The second kappa shape index (κ2) is 10.6. The van der Waals surface area contributed by atoms with Gasteiger partial charge in [-0.2, -0.15) is 0 Å². The van der Waals surface area contributed by atoms with E-state index in [2.05, 4.69) is 50.3 Å². The number of hydrogen-bond donors (Lipinski definition) is 0. The Hall–Kier alpha value is -1.08. The molecule has 0 heterocycles. The molecule has 0 atom stereocenters. The minimum Gasteiger partial charge on any atom is -0.377 e. The number of hydrogen-bond acceptors (Lipinski definition) is 1. The monoisotopic (exact) mass is 314 g/mol. The van der Waals surface area contributed by atoms with Crippen molar-refractivity contribution in [2.45, 2.75) is 77.7 Å². The third kappa shape index (κ3) is 6.51. The van der Waals surface area contributed by atoms with Gasteiger partial charge in [0.05, 0.1) is 6.61 Å². The van der Waals surface area contributed by atoms with Gasteiger partial charge in [0.15, 0.2) is 0 Å². The van der Waals surface area contributed by atoms with Crippen LogP contribution in [-0.2, 0) is 11.3 Å². The fourth-order valence-corrected chi connectivity index (χ4v) is 3.59. The predicted octanol–water partition coefficient (Wildman–Crippen LogP) is 6.63. The van der Waals surface area contributed by atoms with Crippen LogP contribution in [0.25, 0.3) is 0 Å². The summed E-state index contributed by atoms with van der Waals surface area (Å²) in [6.45, 7) is 6.01. The van der Waals surface area contributed by atoms with Crippen molar-refractivity contribution in [1.29, 1.82) is 0 Å². The van der Waals surface area contributed by atoms with Gasteiger partial charge in [0.2, 0.25) is 0 Å². The molecule has 0 radical (unpaired) electrons. The second-order valence-corrected chi connectivity index (χ2v) is 7.02. The maximum Gasteiger partial charge on any atom is 0.0716 e. The van der Waals surface area contributed by atoms with Crippen molar-refractivity contribution < 1.29 is 4.74 Å². The van der Waals surface area contributed by atoms with Gasteiger partial charge < -0.3 is 4.74 Å². The number of unbranched alkanes of at least 4 members (excludes halogenated alkanes) is 2. The Bertz CT molecular complexity index is 438. The lowest BCUT2D eigenvalue weighted by Gasteiger charge is -2.28. The molecule has 0 amide bonds. The van der Waals surface area contributed by atoms with Crippen LogP contribution in [0, 0.1) is 5.92 Å². The summed E-state index contributed by atoms with van der Waals surface area (Å²) in [4.78, 5) is 0. The molecule has 1 aliphatic rings. The summed E-state index contributed by atoms with van der Waals surface area (Å²) in [6, 6.07) is 9.20. The minimum atomic E-state index is 0.764. The van der Waals surface area contributed by atoms with E-state index in [1.807, 2.05) is 0 Å². The molecule has 0 N–H and O–H groups in total. The Balaban J connectivity index is 1.72. The van der Waals surface area contributed by atoms with Gasteiger partial charge in [-0.3, -0.25) is 0 Å². The minimum absolute atomic E-state index is 0.764. The highest BCUT2D eigenvalue weighted by atomic mass is 16.5. The summed E-state index contributed by atoms with van der Waals surface area (Å²) < 4.78 is 5.75. The fourth-order valence-electron chi connectivity index (χ4n) is 3.59. The van der Waals surface area contributed by atoms with E-state index in [-0.39, 0.29) is 0 Å². The highest BCUT2D eigenvalue weighted by Crippen LogP contribution is 2.37. The van der Waals surface area contributed by atoms with Crippen LogP contribution in [0.5, 0.6) is 0 Å². The summed E-state index contributed by atoms with van der Waals surface area (Å²) in [5, 5.41) is 0.